The van der Waals surface area contributed by atoms with E-state index < -0.39 is 5.82 Å². The molecule has 0 aliphatic rings. The van der Waals surface area contributed by atoms with Crippen molar-refractivity contribution >= 4 is 39.3 Å². The Bertz CT molecular complexity index is 1220. The number of nitrogens with one attached hydrogen (secondary N) is 1. The van der Waals surface area contributed by atoms with E-state index in [0.717, 1.165) is 10.2 Å². The van der Waals surface area contributed by atoms with E-state index in [-0.39, 0.29) is 17.5 Å². The van der Waals surface area contributed by atoms with Crippen LogP contribution in [0.5, 0.6) is 0 Å². The molecule has 0 saturated heterocycles. The van der Waals surface area contributed by atoms with Crippen LogP contribution >= 0.6 is 27.5 Å². The molecule has 30 heavy (non-hydrogen) atoms. The Morgan fingerprint density at radius 1 is 1.17 bits per heavy atom. The molecule has 2 heterocycles. The summed E-state index contributed by atoms with van der Waals surface area (Å²) < 4.78 is 17.9. The quantitative estimate of drug-likeness (QED) is 0.418. The summed E-state index contributed by atoms with van der Waals surface area (Å²) in [4.78, 5) is 12.8. The Morgan fingerprint density at radius 3 is 2.67 bits per heavy atom. The van der Waals surface area contributed by atoms with Crippen LogP contribution in [0.2, 0.25) is 5.02 Å². The zero-order chi connectivity index (χ0) is 21.3. The van der Waals surface area contributed by atoms with E-state index >= 15 is 0 Å². The number of halogens is 3. The summed E-state index contributed by atoms with van der Waals surface area (Å²) in [6, 6.07) is 13.9. The molecule has 2 aromatic carbocycles. The van der Waals surface area contributed by atoms with Crippen LogP contribution in [0.4, 0.5) is 10.2 Å². The lowest BCUT2D eigenvalue weighted by atomic mass is 10.2. The molecule has 0 aliphatic heterocycles. The number of hydrogen-bond acceptors (Lipinski definition) is 3. The number of rotatable bonds is 5. The van der Waals surface area contributed by atoms with Gasteiger partial charge in [-0.1, -0.05) is 33.6 Å². The summed E-state index contributed by atoms with van der Waals surface area (Å²) in [6.45, 7) is 2.12. The third-order valence-electron chi connectivity index (χ3n) is 4.60. The highest BCUT2D eigenvalue weighted by Gasteiger charge is 2.17. The van der Waals surface area contributed by atoms with Gasteiger partial charge >= 0.3 is 0 Å². The van der Waals surface area contributed by atoms with E-state index in [0.29, 0.717) is 22.6 Å². The van der Waals surface area contributed by atoms with Crippen LogP contribution in [0.15, 0.2) is 65.4 Å². The maximum Gasteiger partial charge on any atom is 0.260 e. The van der Waals surface area contributed by atoms with E-state index in [1.165, 1.54) is 18.3 Å². The van der Waals surface area contributed by atoms with Crippen molar-refractivity contribution in [1.29, 1.82) is 0 Å². The lowest BCUT2D eigenvalue weighted by Crippen LogP contribution is -2.17. The van der Waals surface area contributed by atoms with Crippen molar-refractivity contribution in [2.24, 2.45) is 0 Å². The molecule has 0 bridgehead atoms. The zero-order valence-corrected chi connectivity index (χ0v) is 18.2. The molecule has 9 heteroatoms. The second-order valence-electron chi connectivity index (χ2n) is 6.61. The first kappa shape index (κ1) is 20.3. The van der Waals surface area contributed by atoms with Crippen LogP contribution in [0.25, 0.3) is 5.69 Å². The maximum atomic E-state index is 13.7. The monoisotopic (exact) mass is 487 g/mol. The highest BCUT2D eigenvalue weighted by atomic mass is 79.9. The summed E-state index contributed by atoms with van der Waals surface area (Å²) in [5.41, 5.74) is 2.68. The van der Waals surface area contributed by atoms with Gasteiger partial charge in [0.25, 0.3) is 5.91 Å². The average molecular weight is 489 g/mol. The number of aromatic nitrogens is 4. The molecule has 2 aromatic heterocycles. The fourth-order valence-corrected chi connectivity index (χ4v) is 3.42. The Balaban J connectivity index is 1.53. The van der Waals surface area contributed by atoms with Gasteiger partial charge in [-0.25, -0.2) is 13.8 Å². The van der Waals surface area contributed by atoms with Gasteiger partial charge in [0.05, 0.1) is 40.9 Å². The Morgan fingerprint density at radius 2 is 1.93 bits per heavy atom. The number of carbonyl (C=O) groups is 1. The van der Waals surface area contributed by atoms with Crippen LogP contribution in [-0.4, -0.2) is 25.5 Å². The normalized spacial score (nSPS) is 10.9. The van der Waals surface area contributed by atoms with Crippen LogP contribution in [-0.2, 0) is 6.54 Å². The predicted octanol–water partition coefficient (Wildman–Crippen LogP) is 5.23. The van der Waals surface area contributed by atoms with Crippen molar-refractivity contribution in [3.8, 4) is 5.69 Å². The third-order valence-corrected chi connectivity index (χ3v) is 5.44. The van der Waals surface area contributed by atoms with Crippen LogP contribution in [0.3, 0.4) is 0 Å². The average Bonchev–Trinajstić information content (AvgIpc) is 3.32. The van der Waals surface area contributed by atoms with Crippen LogP contribution < -0.4 is 5.32 Å². The van der Waals surface area contributed by atoms with Gasteiger partial charge in [-0.05, 0) is 48.9 Å². The molecule has 0 saturated carbocycles. The van der Waals surface area contributed by atoms with Gasteiger partial charge in [0.15, 0.2) is 0 Å². The molecular formula is C21H16BrClFN5O. The lowest BCUT2D eigenvalue weighted by molar-refractivity contribution is 0.102. The molecule has 0 unspecified atom stereocenters. The molecule has 4 rings (SSSR count). The van der Waals surface area contributed by atoms with Crippen molar-refractivity contribution in [2.75, 3.05) is 5.32 Å². The number of hydrogen-bond donors (Lipinski definition) is 1. The first-order valence-electron chi connectivity index (χ1n) is 9.00. The predicted molar refractivity (Wildman–Crippen MR) is 117 cm³/mol. The Kier molecular flexibility index (Phi) is 5.69. The topological polar surface area (TPSA) is 64.7 Å². The van der Waals surface area contributed by atoms with Crippen LogP contribution in [0.1, 0.15) is 21.6 Å². The Labute approximate surface area is 185 Å². The van der Waals surface area contributed by atoms with E-state index in [9.17, 15) is 9.18 Å². The van der Waals surface area contributed by atoms with Crippen molar-refractivity contribution in [3.63, 3.8) is 0 Å². The van der Waals surface area contributed by atoms with Gasteiger partial charge in [-0.15, -0.1) is 0 Å². The SMILES string of the molecule is Cc1c(C(=O)Nc2ccnn2Cc2ccc(Cl)c(F)c2)cnn1-c1ccc(Br)cc1. The van der Waals surface area contributed by atoms with Crippen molar-refractivity contribution in [1.82, 2.24) is 19.6 Å². The molecule has 0 fully saturated rings. The van der Waals surface area contributed by atoms with Gasteiger partial charge < -0.3 is 5.32 Å². The minimum atomic E-state index is -0.497. The van der Waals surface area contributed by atoms with Crippen LogP contribution in [0, 0.1) is 12.7 Å². The smallest absolute Gasteiger partial charge is 0.260 e. The molecule has 1 N–H and O–H groups in total. The highest BCUT2D eigenvalue weighted by Crippen LogP contribution is 2.20. The van der Waals surface area contributed by atoms with Gasteiger partial charge in [-0.2, -0.15) is 10.2 Å². The minimum absolute atomic E-state index is 0.0611. The zero-order valence-electron chi connectivity index (χ0n) is 15.8. The van der Waals surface area contributed by atoms with Gasteiger partial charge in [0, 0.05) is 10.5 Å². The molecule has 1 amide bonds. The van der Waals surface area contributed by atoms with Crippen molar-refractivity contribution < 1.29 is 9.18 Å². The largest absolute Gasteiger partial charge is 0.307 e. The first-order chi connectivity index (χ1) is 14.4. The van der Waals surface area contributed by atoms with Crippen molar-refractivity contribution in [3.05, 3.63) is 93.1 Å². The first-order valence-corrected chi connectivity index (χ1v) is 10.2. The molecule has 0 aliphatic carbocycles. The fourth-order valence-electron chi connectivity index (χ4n) is 3.03. The Hall–Kier alpha value is -2.97. The summed E-state index contributed by atoms with van der Waals surface area (Å²) in [5, 5.41) is 11.5. The number of benzene rings is 2. The second kappa shape index (κ2) is 8.41. The van der Waals surface area contributed by atoms with E-state index in [4.69, 9.17) is 11.6 Å². The van der Waals surface area contributed by atoms with Gasteiger partial charge in [0.1, 0.15) is 11.6 Å². The van der Waals surface area contributed by atoms with E-state index in [1.54, 1.807) is 27.7 Å². The van der Waals surface area contributed by atoms with E-state index in [2.05, 4.69) is 31.4 Å². The summed E-state index contributed by atoms with van der Waals surface area (Å²) in [5.74, 6) is -0.311. The summed E-state index contributed by atoms with van der Waals surface area (Å²) in [6.07, 6.45) is 3.10. The highest BCUT2D eigenvalue weighted by molar-refractivity contribution is 9.10. The molecule has 0 radical (unpaired) electrons. The number of anilines is 1. The summed E-state index contributed by atoms with van der Waals surface area (Å²) in [7, 11) is 0. The molecule has 4 aromatic rings. The third kappa shape index (κ3) is 4.15. The number of nitrogens with zero attached hydrogens (tertiary/aromatic N) is 4. The second-order valence-corrected chi connectivity index (χ2v) is 7.93. The number of carbonyl (C=O) groups excluding carboxylic acids is 1. The standard InChI is InChI=1S/C21H16BrClFN5O/c1-13-17(11-26-29(13)16-5-3-15(22)4-6-16)21(30)27-20-8-9-25-28(20)12-14-2-7-18(23)19(24)10-14/h2-11H,12H2,1H3,(H,27,30). The van der Waals surface area contributed by atoms with E-state index in [1.807, 2.05) is 31.2 Å². The number of amides is 1. The van der Waals surface area contributed by atoms with Gasteiger partial charge in [-0.3, -0.25) is 4.79 Å². The molecule has 0 spiro atoms. The minimum Gasteiger partial charge on any atom is -0.307 e. The molecule has 0 atom stereocenters. The molecular weight excluding hydrogens is 473 g/mol. The molecule has 6 nitrogen and oxygen atoms in total. The van der Waals surface area contributed by atoms with Crippen molar-refractivity contribution in [2.45, 2.75) is 13.5 Å². The lowest BCUT2D eigenvalue weighted by Gasteiger charge is -2.10. The summed E-state index contributed by atoms with van der Waals surface area (Å²) >= 11 is 9.14. The fraction of sp³-hybridized carbons (Fsp3) is 0.0952. The van der Waals surface area contributed by atoms with Gasteiger partial charge in [0.2, 0.25) is 0 Å². The maximum absolute atomic E-state index is 13.7. The molecule has 152 valence electrons.